The van der Waals surface area contributed by atoms with E-state index in [1.807, 2.05) is 16.9 Å². The number of nitro groups is 1. The van der Waals surface area contributed by atoms with Gasteiger partial charge in [0.05, 0.1) is 15.4 Å². The summed E-state index contributed by atoms with van der Waals surface area (Å²) >= 11 is 2.49. The number of hydrogen-bond donors (Lipinski definition) is 0. The highest BCUT2D eigenvalue weighted by atomic mass is 32.2. The van der Waals surface area contributed by atoms with Crippen LogP contribution in [0.25, 0.3) is 5.13 Å². The van der Waals surface area contributed by atoms with Crippen LogP contribution in [0.2, 0.25) is 0 Å². The standard InChI is InChI=1S/C21H18N6O5S2/c1-12-8-15(13(2)26(12)20-22-6-7-33-20)17(28)10-32-19(29)14-4-5-18(16(9-14)27(30)31)34-21-24-23-11-25(21)3/h4-9,11H,10H2,1-3H3. The Hall–Kier alpha value is -3.84. The minimum atomic E-state index is -0.833. The molecule has 1 aromatic carbocycles. The Morgan fingerprint density at radius 1 is 1.26 bits per heavy atom. The van der Waals surface area contributed by atoms with Gasteiger partial charge in [-0.15, -0.1) is 21.5 Å². The summed E-state index contributed by atoms with van der Waals surface area (Å²) < 4.78 is 8.65. The van der Waals surface area contributed by atoms with E-state index in [4.69, 9.17) is 4.74 Å². The smallest absolute Gasteiger partial charge is 0.338 e. The van der Waals surface area contributed by atoms with Crippen LogP contribution in [-0.4, -0.2) is 47.6 Å². The molecule has 0 saturated heterocycles. The van der Waals surface area contributed by atoms with E-state index >= 15 is 0 Å². The summed E-state index contributed by atoms with van der Waals surface area (Å²) in [6, 6.07) is 5.69. The van der Waals surface area contributed by atoms with Crippen molar-refractivity contribution in [3.05, 3.63) is 74.8 Å². The number of aryl methyl sites for hydroxylation is 2. The van der Waals surface area contributed by atoms with E-state index in [2.05, 4.69) is 15.2 Å². The Morgan fingerprint density at radius 2 is 2.06 bits per heavy atom. The molecule has 0 aliphatic heterocycles. The van der Waals surface area contributed by atoms with Crippen molar-refractivity contribution in [2.24, 2.45) is 7.05 Å². The first-order chi connectivity index (χ1) is 16.3. The van der Waals surface area contributed by atoms with Gasteiger partial charge in [-0.2, -0.15) is 0 Å². The molecule has 0 unspecified atom stereocenters. The Kier molecular flexibility index (Phi) is 6.56. The van der Waals surface area contributed by atoms with Crippen molar-refractivity contribution in [1.29, 1.82) is 0 Å². The Morgan fingerprint density at radius 3 is 2.71 bits per heavy atom. The fraction of sp³-hybridized carbons (Fsp3) is 0.190. The van der Waals surface area contributed by atoms with Crippen LogP contribution in [0.15, 0.2) is 52.2 Å². The number of esters is 1. The largest absolute Gasteiger partial charge is 0.454 e. The molecule has 3 aromatic heterocycles. The van der Waals surface area contributed by atoms with E-state index in [0.717, 1.165) is 28.7 Å². The van der Waals surface area contributed by atoms with Crippen LogP contribution in [0.3, 0.4) is 0 Å². The summed E-state index contributed by atoms with van der Waals surface area (Å²) in [5.41, 5.74) is 1.63. The Bertz CT molecular complexity index is 1390. The number of nitrogens with zero attached hydrogens (tertiary/aromatic N) is 6. The zero-order valence-electron chi connectivity index (χ0n) is 18.3. The molecular weight excluding hydrogens is 480 g/mol. The first kappa shape index (κ1) is 23.3. The van der Waals surface area contributed by atoms with E-state index in [1.165, 1.54) is 29.8 Å². The predicted molar refractivity (Wildman–Crippen MR) is 124 cm³/mol. The summed E-state index contributed by atoms with van der Waals surface area (Å²) in [5, 5.41) is 22.2. The Balaban J connectivity index is 1.48. The van der Waals surface area contributed by atoms with Crippen LogP contribution in [0, 0.1) is 24.0 Å². The second-order valence-corrected chi connectivity index (χ2v) is 9.08. The molecule has 174 valence electrons. The van der Waals surface area contributed by atoms with Crippen molar-refractivity contribution in [2.75, 3.05) is 6.61 Å². The second-order valence-electron chi connectivity index (χ2n) is 7.20. The first-order valence-electron chi connectivity index (χ1n) is 9.85. The highest BCUT2D eigenvalue weighted by Gasteiger charge is 2.23. The predicted octanol–water partition coefficient (Wildman–Crippen LogP) is 3.78. The summed E-state index contributed by atoms with van der Waals surface area (Å²) in [7, 11) is 1.71. The molecule has 0 bridgehead atoms. The molecular formula is C21H18N6O5S2. The zero-order valence-corrected chi connectivity index (χ0v) is 19.9. The van der Waals surface area contributed by atoms with E-state index in [1.54, 1.807) is 30.8 Å². The number of nitro benzene ring substituents is 1. The quantitative estimate of drug-likeness (QED) is 0.154. The van der Waals surface area contributed by atoms with Crippen molar-refractivity contribution in [3.8, 4) is 5.13 Å². The summed E-state index contributed by atoms with van der Waals surface area (Å²) in [4.78, 5) is 40.8. The van der Waals surface area contributed by atoms with E-state index in [-0.39, 0.29) is 17.0 Å². The van der Waals surface area contributed by atoms with Gasteiger partial charge >= 0.3 is 5.97 Å². The van der Waals surface area contributed by atoms with Crippen molar-refractivity contribution in [1.82, 2.24) is 24.3 Å². The number of ketones is 1. The van der Waals surface area contributed by atoms with Gasteiger partial charge in [-0.05, 0) is 43.8 Å². The van der Waals surface area contributed by atoms with Crippen LogP contribution in [0.5, 0.6) is 0 Å². The molecule has 0 spiro atoms. The first-order valence-corrected chi connectivity index (χ1v) is 11.5. The number of carbonyl (C=O) groups is 2. The number of rotatable bonds is 8. The molecule has 3 heterocycles. The average Bonchev–Trinajstić information content (AvgIpc) is 3.53. The third-order valence-electron chi connectivity index (χ3n) is 4.94. The van der Waals surface area contributed by atoms with Crippen LogP contribution < -0.4 is 0 Å². The number of benzene rings is 1. The van der Waals surface area contributed by atoms with Gasteiger partial charge < -0.3 is 9.30 Å². The lowest BCUT2D eigenvalue weighted by molar-refractivity contribution is -0.387. The zero-order chi connectivity index (χ0) is 24.4. The molecule has 4 aromatic rings. The molecule has 11 nitrogen and oxygen atoms in total. The van der Waals surface area contributed by atoms with Gasteiger partial charge in [0.25, 0.3) is 5.69 Å². The maximum Gasteiger partial charge on any atom is 0.338 e. The van der Waals surface area contributed by atoms with Gasteiger partial charge in [-0.3, -0.25) is 19.5 Å². The minimum Gasteiger partial charge on any atom is -0.454 e. The molecule has 0 saturated carbocycles. The van der Waals surface area contributed by atoms with Gasteiger partial charge in [0, 0.05) is 41.6 Å². The van der Waals surface area contributed by atoms with Gasteiger partial charge in [0.1, 0.15) is 6.33 Å². The molecule has 4 rings (SSSR count). The monoisotopic (exact) mass is 498 g/mol. The topological polar surface area (TPSA) is 135 Å². The fourth-order valence-corrected chi connectivity index (χ4v) is 4.90. The summed E-state index contributed by atoms with van der Waals surface area (Å²) in [6.45, 7) is 3.15. The lowest BCUT2D eigenvalue weighted by Crippen LogP contribution is -2.15. The van der Waals surface area contributed by atoms with Gasteiger partial charge in [0.15, 0.2) is 16.9 Å². The molecule has 0 amide bonds. The van der Waals surface area contributed by atoms with Gasteiger partial charge in [-0.25, -0.2) is 9.78 Å². The fourth-order valence-electron chi connectivity index (χ4n) is 3.29. The van der Waals surface area contributed by atoms with Gasteiger partial charge in [-0.1, -0.05) is 0 Å². The van der Waals surface area contributed by atoms with E-state index < -0.39 is 17.5 Å². The molecule has 0 fully saturated rings. The van der Waals surface area contributed by atoms with Crippen LogP contribution in [-0.2, 0) is 11.8 Å². The maximum absolute atomic E-state index is 12.7. The number of carbonyl (C=O) groups excluding carboxylic acids is 2. The van der Waals surface area contributed by atoms with Crippen LogP contribution in [0.4, 0.5) is 5.69 Å². The molecule has 13 heteroatoms. The molecule has 0 aliphatic rings. The van der Waals surface area contributed by atoms with E-state index in [0.29, 0.717) is 21.3 Å². The van der Waals surface area contributed by atoms with Crippen molar-refractivity contribution in [3.63, 3.8) is 0 Å². The van der Waals surface area contributed by atoms with Crippen LogP contribution in [0.1, 0.15) is 32.1 Å². The third kappa shape index (κ3) is 4.61. The number of thiazole rings is 1. The SMILES string of the molecule is Cc1cc(C(=O)COC(=O)c2ccc(Sc3nncn3C)c([N+](=O)[O-])c2)c(C)n1-c1nccs1. The Labute approximate surface area is 201 Å². The third-order valence-corrected chi connectivity index (χ3v) is 6.81. The molecule has 0 radical (unpaired) electrons. The molecule has 0 N–H and O–H groups in total. The number of Topliss-reactive ketones (excluding diaryl/α,β-unsaturated/α-hetero) is 1. The lowest BCUT2D eigenvalue weighted by Gasteiger charge is -2.07. The van der Waals surface area contributed by atoms with E-state index in [9.17, 15) is 19.7 Å². The summed E-state index contributed by atoms with van der Waals surface area (Å²) in [5.74, 6) is -1.21. The highest BCUT2D eigenvalue weighted by molar-refractivity contribution is 7.99. The normalized spacial score (nSPS) is 10.9. The average molecular weight is 499 g/mol. The number of ether oxygens (including phenoxy) is 1. The van der Waals surface area contributed by atoms with Crippen molar-refractivity contribution >= 4 is 40.5 Å². The number of hydrogen-bond acceptors (Lipinski definition) is 10. The van der Waals surface area contributed by atoms with Crippen molar-refractivity contribution in [2.45, 2.75) is 23.9 Å². The van der Waals surface area contributed by atoms with Crippen molar-refractivity contribution < 1.29 is 19.2 Å². The highest BCUT2D eigenvalue weighted by Crippen LogP contribution is 2.34. The lowest BCUT2D eigenvalue weighted by atomic mass is 10.1. The van der Waals surface area contributed by atoms with Gasteiger partial charge in [0.2, 0.25) is 5.78 Å². The van der Waals surface area contributed by atoms with Crippen LogP contribution >= 0.6 is 23.1 Å². The molecule has 0 atom stereocenters. The molecule has 0 aliphatic carbocycles. The second kappa shape index (κ2) is 9.57. The minimum absolute atomic E-state index is 0.0323. The number of aromatic nitrogens is 5. The summed E-state index contributed by atoms with van der Waals surface area (Å²) in [6.07, 6.45) is 3.16. The maximum atomic E-state index is 12.7. The molecule has 34 heavy (non-hydrogen) atoms.